The Kier molecular flexibility index (Phi) is 5.70. The maximum Gasteiger partial charge on any atom is 0.246 e. The smallest absolute Gasteiger partial charge is 0.246 e. The van der Waals surface area contributed by atoms with Gasteiger partial charge in [0.1, 0.15) is 0 Å². The molecule has 0 atom stereocenters. The number of hydrogen-bond donors (Lipinski definition) is 1. The van der Waals surface area contributed by atoms with Crippen LogP contribution in [0.4, 0.5) is 5.69 Å². The zero-order chi connectivity index (χ0) is 21.3. The van der Waals surface area contributed by atoms with E-state index in [1.807, 2.05) is 55.4 Å². The summed E-state index contributed by atoms with van der Waals surface area (Å²) in [5, 5.41) is 4.19. The van der Waals surface area contributed by atoms with Crippen LogP contribution in [-0.2, 0) is 22.7 Å². The molecule has 0 spiro atoms. The maximum absolute atomic E-state index is 12.7. The number of rotatable bonds is 4. The molecule has 2 aromatic carbocycles. The van der Waals surface area contributed by atoms with Crippen LogP contribution in [0.25, 0.3) is 16.2 Å². The highest BCUT2D eigenvalue weighted by Gasteiger charge is 2.16. The zero-order valence-electron chi connectivity index (χ0n) is 17.4. The first-order valence-electron chi connectivity index (χ1n) is 9.92. The van der Waals surface area contributed by atoms with Gasteiger partial charge in [0.15, 0.2) is 0 Å². The summed E-state index contributed by atoms with van der Waals surface area (Å²) in [6.45, 7) is 3.78. The van der Waals surface area contributed by atoms with Crippen LogP contribution < -0.4 is 5.32 Å². The first-order valence-corrected chi connectivity index (χ1v) is 10.7. The highest BCUT2D eigenvalue weighted by molar-refractivity contribution is 7.19. The Morgan fingerprint density at radius 2 is 2.03 bits per heavy atom. The van der Waals surface area contributed by atoms with E-state index in [0.717, 1.165) is 16.8 Å². The molecule has 0 unspecified atom stereocenters. The van der Waals surface area contributed by atoms with Crippen LogP contribution in [0.1, 0.15) is 21.6 Å². The van der Waals surface area contributed by atoms with E-state index < -0.39 is 0 Å². The van der Waals surface area contributed by atoms with Crippen molar-refractivity contribution in [3.05, 3.63) is 70.1 Å². The highest BCUT2D eigenvalue weighted by atomic mass is 32.1. The Bertz CT molecular complexity index is 1150. The Labute approximate surface area is 180 Å². The molecule has 2 amide bonds. The van der Waals surface area contributed by atoms with Gasteiger partial charge in [0.25, 0.3) is 0 Å². The fourth-order valence-electron chi connectivity index (χ4n) is 3.72. The summed E-state index contributed by atoms with van der Waals surface area (Å²) in [6, 6.07) is 14.2. The number of carbonyl (C=O) groups excluding carboxylic acids is 2. The van der Waals surface area contributed by atoms with Crippen molar-refractivity contribution in [2.24, 2.45) is 0 Å². The molecule has 0 saturated carbocycles. The summed E-state index contributed by atoms with van der Waals surface area (Å²) < 4.78 is 1.25. The van der Waals surface area contributed by atoms with Gasteiger partial charge in [-0.15, -0.1) is 11.3 Å². The molecule has 1 aliphatic heterocycles. The summed E-state index contributed by atoms with van der Waals surface area (Å²) in [4.78, 5) is 29.4. The van der Waals surface area contributed by atoms with Crippen LogP contribution in [-0.4, -0.2) is 42.3 Å². The Balaban J connectivity index is 1.46. The summed E-state index contributed by atoms with van der Waals surface area (Å²) in [6.07, 6.45) is 3.45. The van der Waals surface area contributed by atoms with Gasteiger partial charge in [-0.25, -0.2) is 0 Å². The van der Waals surface area contributed by atoms with E-state index in [1.165, 1.54) is 20.5 Å². The van der Waals surface area contributed by atoms with E-state index >= 15 is 0 Å². The number of aryl methyl sites for hydroxylation is 1. The Hall–Kier alpha value is -2.96. The van der Waals surface area contributed by atoms with E-state index in [2.05, 4.69) is 24.4 Å². The number of anilines is 1. The number of hydrogen-bond acceptors (Lipinski definition) is 4. The van der Waals surface area contributed by atoms with Crippen molar-refractivity contribution in [2.75, 3.05) is 26.0 Å². The van der Waals surface area contributed by atoms with Crippen molar-refractivity contribution >= 4 is 45.0 Å². The molecule has 30 heavy (non-hydrogen) atoms. The van der Waals surface area contributed by atoms with Crippen molar-refractivity contribution in [1.29, 1.82) is 0 Å². The molecule has 3 aromatic rings. The quantitative estimate of drug-likeness (QED) is 0.643. The summed E-state index contributed by atoms with van der Waals surface area (Å²) >= 11 is 1.74. The van der Waals surface area contributed by atoms with Crippen LogP contribution >= 0.6 is 11.3 Å². The molecule has 4 rings (SSSR count). The molecule has 6 heteroatoms. The molecule has 1 aliphatic rings. The van der Waals surface area contributed by atoms with Gasteiger partial charge in [0, 0.05) is 34.9 Å². The number of nitrogens with zero attached hydrogens (tertiary/aromatic N) is 2. The molecule has 5 nitrogen and oxygen atoms in total. The topological polar surface area (TPSA) is 52.7 Å². The number of nitrogens with one attached hydrogen (secondary N) is 1. The minimum Gasteiger partial charge on any atom is -0.337 e. The molecule has 0 radical (unpaired) electrons. The van der Waals surface area contributed by atoms with Crippen LogP contribution in [0.15, 0.2) is 48.5 Å². The first kappa shape index (κ1) is 20.3. The van der Waals surface area contributed by atoms with Crippen molar-refractivity contribution in [2.45, 2.75) is 20.0 Å². The average molecular weight is 420 g/mol. The van der Waals surface area contributed by atoms with E-state index in [1.54, 1.807) is 22.3 Å². The van der Waals surface area contributed by atoms with Crippen molar-refractivity contribution in [3.63, 3.8) is 0 Å². The van der Waals surface area contributed by atoms with Crippen molar-refractivity contribution in [3.8, 4) is 0 Å². The van der Waals surface area contributed by atoms with E-state index in [4.69, 9.17) is 0 Å². The van der Waals surface area contributed by atoms with E-state index in [9.17, 15) is 9.59 Å². The number of carbonyl (C=O) groups is 2. The van der Waals surface area contributed by atoms with Crippen LogP contribution in [0.2, 0.25) is 0 Å². The van der Waals surface area contributed by atoms with Gasteiger partial charge in [-0.2, -0.15) is 0 Å². The lowest BCUT2D eigenvalue weighted by Crippen LogP contribution is -2.26. The lowest BCUT2D eigenvalue weighted by Gasteiger charge is -2.15. The SMILES string of the molecule is Cc1c(CN(C)C(=O)/C=C/c2ccc3c(c2)CN(C)CC(=O)N3)sc2ccccc12. The normalized spacial score (nSPS) is 14.6. The standard InChI is InChI=1S/C24H25N3O2S/c1-16-19-6-4-5-7-21(19)30-22(16)14-27(3)24(29)11-9-17-8-10-20-18(12-17)13-26(2)15-23(28)25-20/h4-12H,13-15H2,1-3H3,(H,25,28)/b11-9+. The van der Waals surface area contributed by atoms with E-state index in [0.29, 0.717) is 19.6 Å². The Morgan fingerprint density at radius 3 is 2.83 bits per heavy atom. The predicted octanol–water partition coefficient (Wildman–Crippen LogP) is 4.27. The molecule has 154 valence electrons. The molecule has 0 saturated heterocycles. The third-order valence-electron chi connectivity index (χ3n) is 5.38. The number of benzene rings is 2. The minimum absolute atomic E-state index is 0.00660. The third-order valence-corrected chi connectivity index (χ3v) is 6.63. The maximum atomic E-state index is 12.7. The molecule has 1 N–H and O–H groups in total. The van der Waals surface area contributed by atoms with E-state index in [-0.39, 0.29) is 11.8 Å². The molecule has 0 fully saturated rings. The van der Waals surface area contributed by atoms with Gasteiger partial charge in [-0.05, 0) is 60.3 Å². The number of likely N-dealkylation sites (N-methyl/N-ethyl adjacent to an activating group) is 2. The fraction of sp³-hybridized carbons (Fsp3) is 0.250. The average Bonchev–Trinajstić information content (AvgIpc) is 2.94. The van der Waals surface area contributed by atoms with Gasteiger partial charge in [-0.1, -0.05) is 24.3 Å². The van der Waals surface area contributed by atoms with Gasteiger partial charge < -0.3 is 10.2 Å². The minimum atomic E-state index is -0.0350. The predicted molar refractivity (Wildman–Crippen MR) is 123 cm³/mol. The largest absolute Gasteiger partial charge is 0.337 e. The van der Waals surface area contributed by atoms with Gasteiger partial charge in [0.2, 0.25) is 11.8 Å². The first-order chi connectivity index (χ1) is 14.4. The van der Waals surface area contributed by atoms with Gasteiger partial charge >= 0.3 is 0 Å². The second kappa shape index (κ2) is 8.42. The summed E-state index contributed by atoms with van der Waals surface area (Å²) in [7, 11) is 3.75. The number of fused-ring (bicyclic) bond motifs is 2. The fourth-order valence-corrected chi connectivity index (χ4v) is 4.98. The van der Waals surface area contributed by atoms with Gasteiger partial charge in [-0.3, -0.25) is 14.5 Å². The zero-order valence-corrected chi connectivity index (χ0v) is 18.3. The molecular weight excluding hydrogens is 394 g/mol. The van der Waals surface area contributed by atoms with Gasteiger partial charge in [0.05, 0.1) is 13.1 Å². The number of thiophene rings is 1. The van der Waals surface area contributed by atoms with Crippen molar-refractivity contribution < 1.29 is 9.59 Å². The monoisotopic (exact) mass is 419 g/mol. The van der Waals surface area contributed by atoms with Crippen LogP contribution in [0.3, 0.4) is 0 Å². The van der Waals surface area contributed by atoms with Crippen molar-refractivity contribution in [1.82, 2.24) is 9.80 Å². The second-order valence-corrected chi connectivity index (χ2v) is 8.95. The summed E-state index contributed by atoms with van der Waals surface area (Å²) in [5.74, 6) is -0.0416. The summed E-state index contributed by atoms with van der Waals surface area (Å²) in [5.41, 5.74) is 4.08. The van der Waals surface area contributed by atoms with Crippen LogP contribution in [0.5, 0.6) is 0 Å². The Morgan fingerprint density at radius 1 is 1.23 bits per heavy atom. The van der Waals surface area contributed by atoms with Crippen LogP contribution in [0, 0.1) is 6.92 Å². The highest BCUT2D eigenvalue weighted by Crippen LogP contribution is 2.31. The lowest BCUT2D eigenvalue weighted by atomic mass is 10.1. The third kappa shape index (κ3) is 4.30. The molecule has 1 aromatic heterocycles. The molecule has 0 bridgehead atoms. The molecular formula is C24H25N3O2S. The second-order valence-electron chi connectivity index (χ2n) is 7.81. The number of amides is 2. The molecule has 0 aliphatic carbocycles. The molecule has 2 heterocycles. The lowest BCUT2D eigenvalue weighted by molar-refractivity contribution is -0.125.